The van der Waals surface area contributed by atoms with Gasteiger partial charge in [0.05, 0.1) is 6.20 Å². The molecule has 4 heteroatoms. The predicted molar refractivity (Wildman–Crippen MR) is 85.8 cm³/mol. The van der Waals surface area contributed by atoms with Gasteiger partial charge in [0, 0.05) is 22.3 Å². The van der Waals surface area contributed by atoms with E-state index in [1.54, 1.807) is 0 Å². The van der Waals surface area contributed by atoms with Gasteiger partial charge < -0.3 is 5.32 Å². The van der Waals surface area contributed by atoms with Gasteiger partial charge in [0.2, 0.25) is 0 Å². The molecule has 1 unspecified atom stereocenters. The molecule has 3 rings (SSSR count). The highest BCUT2D eigenvalue weighted by Gasteiger charge is 2.17. The van der Waals surface area contributed by atoms with Crippen LogP contribution in [-0.2, 0) is 6.54 Å². The van der Waals surface area contributed by atoms with Crippen LogP contribution in [0.5, 0.6) is 0 Å². The van der Waals surface area contributed by atoms with Crippen molar-refractivity contribution in [3.8, 4) is 11.1 Å². The molecule has 2 aromatic rings. The van der Waals surface area contributed by atoms with Crippen LogP contribution in [0.15, 0.2) is 28.9 Å². The molecule has 0 spiro atoms. The van der Waals surface area contributed by atoms with Crippen LogP contribution in [0, 0.1) is 19.8 Å². The lowest BCUT2D eigenvalue weighted by atomic mass is 10.0. The van der Waals surface area contributed by atoms with Gasteiger partial charge in [-0.05, 0) is 56.5 Å². The molecule has 2 heterocycles. The number of nitrogens with zero attached hydrogens (tertiary/aromatic N) is 2. The molecule has 1 aromatic carbocycles. The normalized spacial score (nSPS) is 18.6. The molecule has 0 amide bonds. The Bertz CT molecular complexity index is 612. The molecule has 20 heavy (non-hydrogen) atoms. The number of aromatic nitrogens is 2. The molecule has 0 aliphatic carbocycles. The Morgan fingerprint density at radius 1 is 1.40 bits per heavy atom. The van der Waals surface area contributed by atoms with Crippen molar-refractivity contribution in [1.82, 2.24) is 15.1 Å². The van der Waals surface area contributed by atoms with E-state index in [0.717, 1.165) is 24.1 Å². The van der Waals surface area contributed by atoms with Crippen molar-refractivity contribution in [2.24, 2.45) is 5.92 Å². The minimum atomic E-state index is 0.716. The van der Waals surface area contributed by atoms with E-state index >= 15 is 0 Å². The fraction of sp³-hybridized carbons (Fsp3) is 0.438. The van der Waals surface area contributed by atoms with Gasteiger partial charge in [-0.1, -0.05) is 28.1 Å². The highest BCUT2D eigenvalue weighted by molar-refractivity contribution is 9.10. The van der Waals surface area contributed by atoms with Crippen LogP contribution >= 0.6 is 15.9 Å². The van der Waals surface area contributed by atoms with Gasteiger partial charge in [0.15, 0.2) is 0 Å². The summed E-state index contributed by atoms with van der Waals surface area (Å²) in [4.78, 5) is 0. The molecule has 1 atom stereocenters. The first-order chi connectivity index (χ1) is 9.65. The number of aryl methyl sites for hydroxylation is 1. The van der Waals surface area contributed by atoms with Crippen LogP contribution < -0.4 is 5.32 Å². The standard InChI is InChI=1S/C16H20BrN3/c1-11-7-14(3-4-16(11)17)15-9-19-20(12(15)2)10-13-5-6-18-8-13/h3-4,7,9,13,18H,5-6,8,10H2,1-2H3. The lowest BCUT2D eigenvalue weighted by molar-refractivity contribution is 0.443. The second kappa shape index (κ2) is 5.70. The van der Waals surface area contributed by atoms with Crippen LogP contribution in [0.3, 0.4) is 0 Å². The number of hydrogen-bond donors (Lipinski definition) is 1. The van der Waals surface area contributed by atoms with Crippen molar-refractivity contribution in [3.63, 3.8) is 0 Å². The molecule has 3 nitrogen and oxygen atoms in total. The largest absolute Gasteiger partial charge is 0.316 e. The van der Waals surface area contributed by atoms with E-state index in [2.05, 4.69) is 63.1 Å². The second-order valence-electron chi connectivity index (χ2n) is 5.65. The lowest BCUT2D eigenvalue weighted by Crippen LogP contribution is -2.16. The molecule has 1 aromatic heterocycles. The second-order valence-corrected chi connectivity index (χ2v) is 6.50. The van der Waals surface area contributed by atoms with Gasteiger partial charge in [-0.2, -0.15) is 5.10 Å². The van der Waals surface area contributed by atoms with E-state index in [0.29, 0.717) is 5.92 Å². The maximum absolute atomic E-state index is 4.58. The predicted octanol–water partition coefficient (Wildman–Crippen LogP) is 3.54. The highest BCUT2D eigenvalue weighted by Crippen LogP contribution is 2.27. The maximum atomic E-state index is 4.58. The number of rotatable bonds is 3. The highest BCUT2D eigenvalue weighted by atomic mass is 79.9. The van der Waals surface area contributed by atoms with Gasteiger partial charge in [0.25, 0.3) is 0 Å². The van der Waals surface area contributed by atoms with Crippen molar-refractivity contribution in [1.29, 1.82) is 0 Å². The summed E-state index contributed by atoms with van der Waals surface area (Å²) in [6, 6.07) is 6.49. The smallest absolute Gasteiger partial charge is 0.0571 e. The third-order valence-corrected chi connectivity index (χ3v) is 5.06. The number of benzene rings is 1. The first-order valence-corrected chi connectivity index (χ1v) is 7.94. The van der Waals surface area contributed by atoms with Crippen LogP contribution in [0.2, 0.25) is 0 Å². The minimum Gasteiger partial charge on any atom is -0.316 e. The van der Waals surface area contributed by atoms with E-state index in [9.17, 15) is 0 Å². The van der Waals surface area contributed by atoms with Crippen molar-refractivity contribution < 1.29 is 0 Å². The molecule has 0 bridgehead atoms. The zero-order chi connectivity index (χ0) is 14.1. The molecule has 0 saturated carbocycles. The zero-order valence-electron chi connectivity index (χ0n) is 12.0. The van der Waals surface area contributed by atoms with Crippen molar-refractivity contribution in [3.05, 3.63) is 40.1 Å². The summed E-state index contributed by atoms with van der Waals surface area (Å²) in [5, 5.41) is 8.00. The van der Waals surface area contributed by atoms with Gasteiger partial charge in [-0.3, -0.25) is 4.68 Å². The first kappa shape index (κ1) is 13.8. The Balaban J connectivity index is 1.87. The zero-order valence-corrected chi connectivity index (χ0v) is 13.6. The third kappa shape index (κ3) is 2.67. The quantitative estimate of drug-likeness (QED) is 0.930. The van der Waals surface area contributed by atoms with Crippen LogP contribution in [-0.4, -0.2) is 22.9 Å². The Labute approximate surface area is 128 Å². The average molecular weight is 334 g/mol. The third-order valence-electron chi connectivity index (χ3n) is 4.17. The van der Waals surface area contributed by atoms with Gasteiger partial charge >= 0.3 is 0 Å². The average Bonchev–Trinajstić information content (AvgIpc) is 3.05. The molecular formula is C16H20BrN3. The van der Waals surface area contributed by atoms with E-state index in [-0.39, 0.29) is 0 Å². The maximum Gasteiger partial charge on any atom is 0.0571 e. The van der Waals surface area contributed by atoms with E-state index in [4.69, 9.17) is 0 Å². The molecular weight excluding hydrogens is 314 g/mol. The molecule has 1 fully saturated rings. The Hall–Kier alpha value is -1.13. The summed E-state index contributed by atoms with van der Waals surface area (Å²) in [7, 11) is 0. The van der Waals surface area contributed by atoms with E-state index in [1.807, 2.05) is 6.20 Å². The summed E-state index contributed by atoms with van der Waals surface area (Å²) in [5.74, 6) is 0.716. The lowest BCUT2D eigenvalue weighted by Gasteiger charge is -2.11. The molecule has 0 radical (unpaired) electrons. The van der Waals surface area contributed by atoms with Gasteiger partial charge in [-0.15, -0.1) is 0 Å². The van der Waals surface area contributed by atoms with Crippen molar-refractivity contribution >= 4 is 15.9 Å². The van der Waals surface area contributed by atoms with E-state index < -0.39 is 0 Å². The van der Waals surface area contributed by atoms with Gasteiger partial charge in [-0.25, -0.2) is 0 Å². The topological polar surface area (TPSA) is 29.9 Å². The Morgan fingerprint density at radius 3 is 2.95 bits per heavy atom. The van der Waals surface area contributed by atoms with Crippen LogP contribution in [0.25, 0.3) is 11.1 Å². The van der Waals surface area contributed by atoms with Crippen LogP contribution in [0.1, 0.15) is 17.7 Å². The van der Waals surface area contributed by atoms with Crippen molar-refractivity contribution in [2.75, 3.05) is 13.1 Å². The SMILES string of the molecule is Cc1cc(-c2cnn(CC3CCNC3)c2C)ccc1Br. The summed E-state index contributed by atoms with van der Waals surface area (Å²) >= 11 is 3.56. The summed E-state index contributed by atoms with van der Waals surface area (Å²) in [6.45, 7) is 7.57. The monoisotopic (exact) mass is 333 g/mol. The summed E-state index contributed by atoms with van der Waals surface area (Å²) < 4.78 is 3.31. The summed E-state index contributed by atoms with van der Waals surface area (Å²) in [6.07, 6.45) is 3.26. The molecule has 1 N–H and O–H groups in total. The number of hydrogen-bond acceptors (Lipinski definition) is 2. The first-order valence-electron chi connectivity index (χ1n) is 7.15. The van der Waals surface area contributed by atoms with E-state index in [1.165, 1.54) is 28.8 Å². The molecule has 106 valence electrons. The Morgan fingerprint density at radius 2 is 2.25 bits per heavy atom. The molecule has 1 saturated heterocycles. The van der Waals surface area contributed by atoms with Crippen LogP contribution in [0.4, 0.5) is 0 Å². The summed E-state index contributed by atoms with van der Waals surface area (Å²) in [5.41, 5.74) is 5.01. The minimum absolute atomic E-state index is 0.716. The number of nitrogens with one attached hydrogen (secondary N) is 1. The van der Waals surface area contributed by atoms with Gasteiger partial charge in [0.1, 0.15) is 0 Å². The number of halogens is 1. The van der Waals surface area contributed by atoms with Crippen molar-refractivity contribution in [2.45, 2.75) is 26.8 Å². The Kier molecular flexibility index (Phi) is 3.94. The fourth-order valence-corrected chi connectivity index (χ4v) is 3.09. The molecule has 1 aliphatic rings. The fourth-order valence-electron chi connectivity index (χ4n) is 2.84. The molecule has 1 aliphatic heterocycles.